The zero-order valence-electron chi connectivity index (χ0n) is 24.7. The summed E-state index contributed by atoms with van der Waals surface area (Å²) in [5.41, 5.74) is 2.59. The number of fused-ring (bicyclic) bond motifs is 5. The fourth-order valence-electron chi connectivity index (χ4n) is 5.59. The highest BCUT2D eigenvalue weighted by molar-refractivity contribution is 5.94. The minimum Gasteiger partial charge on any atom is -0.466 e. The van der Waals surface area contributed by atoms with Crippen LogP contribution in [0.3, 0.4) is 0 Å². The minimum atomic E-state index is -0.904. The Kier molecular flexibility index (Phi) is 8.17. The first-order valence-corrected chi connectivity index (χ1v) is 13.7. The molecule has 0 saturated carbocycles. The second kappa shape index (κ2) is 11.1. The molecule has 3 heterocycles. The highest BCUT2D eigenvalue weighted by Crippen LogP contribution is 2.46. The number of hydrogen-bond donors (Lipinski definition) is 0. The Morgan fingerprint density at radius 2 is 1.68 bits per heavy atom. The summed E-state index contributed by atoms with van der Waals surface area (Å²) in [7, 11) is 1.30. The van der Waals surface area contributed by atoms with E-state index in [4.69, 9.17) is 18.9 Å². The fourth-order valence-corrected chi connectivity index (χ4v) is 5.59. The highest BCUT2D eigenvalue weighted by Gasteiger charge is 2.43. The standard InChI is InChI=1S/C31H40N2O7/c1-9-19-17-32-15-14-21-20-12-10-11-13-24(20)33(28(35)39-30(2,3)4)26(21)25(32)16-22(19)23(27(34)37-8)18-38-29(36)40-31(5,6)7/h9-13,18,22,25H,14-17H2,1-8H3/b19-9+,23-18-/t22-,25+/m1/s1. The molecule has 0 radical (unpaired) electrons. The van der Waals surface area contributed by atoms with E-state index >= 15 is 0 Å². The number of esters is 1. The predicted molar refractivity (Wildman–Crippen MR) is 151 cm³/mol. The van der Waals surface area contributed by atoms with Crippen LogP contribution in [0.1, 0.15) is 72.2 Å². The summed E-state index contributed by atoms with van der Waals surface area (Å²) < 4.78 is 23.2. The first-order chi connectivity index (χ1) is 18.7. The van der Waals surface area contributed by atoms with Gasteiger partial charge in [-0.25, -0.2) is 19.0 Å². The van der Waals surface area contributed by atoms with Gasteiger partial charge in [0.1, 0.15) is 17.5 Å². The summed E-state index contributed by atoms with van der Waals surface area (Å²) in [5.74, 6) is -0.998. The van der Waals surface area contributed by atoms with Gasteiger partial charge in [0.15, 0.2) is 0 Å². The summed E-state index contributed by atoms with van der Waals surface area (Å²) in [6.45, 7) is 14.1. The van der Waals surface area contributed by atoms with Gasteiger partial charge < -0.3 is 18.9 Å². The van der Waals surface area contributed by atoms with E-state index in [1.807, 2.05) is 58.0 Å². The minimum absolute atomic E-state index is 0.188. The van der Waals surface area contributed by atoms with Gasteiger partial charge in [-0.3, -0.25) is 4.90 Å². The zero-order valence-corrected chi connectivity index (χ0v) is 24.7. The Bertz CT molecular complexity index is 1370. The van der Waals surface area contributed by atoms with Crippen LogP contribution in [-0.4, -0.2) is 59.1 Å². The van der Waals surface area contributed by atoms with Gasteiger partial charge in [0.2, 0.25) is 0 Å². The number of piperidine rings is 1. The lowest BCUT2D eigenvalue weighted by Crippen LogP contribution is -2.45. The number of carbonyl (C=O) groups is 3. The lowest BCUT2D eigenvalue weighted by molar-refractivity contribution is -0.137. The van der Waals surface area contributed by atoms with E-state index < -0.39 is 35.3 Å². The molecule has 0 aliphatic carbocycles. The maximum Gasteiger partial charge on any atom is 0.513 e. The van der Waals surface area contributed by atoms with Crippen molar-refractivity contribution in [2.75, 3.05) is 20.2 Å². The van der Waals surface area contributed by atoms with Gasteiger partial charge in [-0.2, -0.15) is 0 Å². The Labute approximate surface area is 235 Å². The van der Waals surface area contributed by atoms with Crippen molar-refractivity contribution < 1.29 is 33.3 Å². The number of methoxy groups -OCH3 is 1. The lowest BCUT2D eigenvalue weighted by Gasteiger charge is -2.44. The van der Waals surface area contributed by atoms with Crippen LogP contribution in [0.4, 0.5) is 9.59 Å². The van der Waals surface area contributed by atoms with Crippen LogP contribution < -0.4 is 0 Å². The van der Waals surface area contributed by atoms with Crippen molar-refractivity contribution in [3.8, 4) is 0 Å². The Hall–Kier alpha value is -3.59. The molecule has 2 aliphatic heterocycles. The SMILES string of the molecule is C/C=C1\CN2CCc3c(n(C(=O)OC(C)(C)C)c4ccccc34)[C@@H]2C[C@H]1/C(=C/OC(=O)OC(C)(C)C)C(=O)OC. The third kappa shape index (κ3) is 6.09. The average Bonchev–Trinajstić information content (AvgIpc) is 3.21. The largest absolute Gasteiger partial charge is 0.513 e. The number of allylic oxidation sites excluding steroid dienone is 1. The van der Waals surface area contributed by atoms with Crippen molar-refractivity contribution in [1.29, 1.82) is 0 Å². The molecule has 0 bridgehead atoms. The molecule has 1 aromatic carbocycles. The fraction of sp³-hybridized carbons (Fsp3) is 0.516. The van der Waals surface area contributed by atoms with Gasteiger partial charge in [-0.1, -0.05) is 29.8 Å². The normalized spacial score (nSPS) is 21.0. The average molecular weight is 553 g/mol. The van der Waals surface area contributed by atoms with Crippen molar-refractivity contribution in [3.05, 3.63) is 59.0 Å². The van der Waals surface area contributed by atoms with Gasteiger partial charge in [0, 0.05) is 24.4 Å². The molecule has 40 heavy (non-hydrogen) atoms. The second-order valence-electron chi connectivity index (χ2n) is 12.2. The van der Waals surface area contributed by atoms with Crippen LogP contribution >= 0.6 is 0 Å². The number of para-hydroxylation sites is 1. The van der Waals surface area contributed by atoms with Crippen LogP contribution in [-0.2, 0) is 30.2 Å². The van der Waals surface area contributed by atoms with Gasteiger partial charge in [-0.15, -0.1) is 0 Å². The smallest absolute Gasteiger partial charge is 0.466 e. The maximum absolute atomic E-state index is 13.6. The number of benzene rings is 1. The van der Waals surface area contributed by atoms with Crippen molar-refractivity contribution in [1.82, 2.24) is 9.47 Å². The lowest BCUT2D eigenvalue weighted by atomic mass is 9.78. The van der Waals surface area contributed by atoms with E-state index in [2.05, 4.69) is 4.90 Å². The molecule has 2 aromatic rings. The van der Waals surface area contributed by atoms with Crippen LogP contribution in [0.15, 0.2) is 47.7 Å². The van der Waals surface area contributed by atoms with Gasteiger partial charge in [0.25, 0.3) is 0 Å². The number of rotatable bonds is 3. The van der Waals surface area contributed by atoms with E-state index in [-0.39, 0.29) is 11.6 Å². The van der Waals surface area contributed by atoms with E-state index in [1.165, 1.54) is 7.11 Å². The van der Waals surface area contributed by atoms with Gasteiger partial charge in [0.05, 0.1) is 29.9 Å². The van der Waals surface area contributed by atoms with Crippen LogP contribution in [0.5, 0.6) is 0 Å². The van der Waals surface area contributed by atoms with Crippen molar-refractivity contribution in [2.45, 2.75) is 78.6 Å². The Morgan fingerprint density at radius 1 is 1.00 bits per heavy atom. The third-order valence-corrected chi connectivity index (χ3v) is 7.13. The van der Waals surface area contributed by atoms with Crippen LogP contribution in [0.25, 0.3) is 10.9 Å². The first kappa shape index (κ1) is 29.4. The zero-order chi connectivity index (χ0) is 29.4. The highest BCUT2D eigenvalue weighted by atomic mass is 16.7. The number of hydrogen-bond acceptors (Lipinski definition) is 8. The molecule has 1 saturated heterocycles. The van der Waals surface area contributed by atoms with Gasteiger partial charge in [-0.05, 0) is 72.9 Å². The molecule has 0 N–H and O–H groups in total. The van der Waals surface area contributed by atoms with Crippen molar-refractivity contribution >= 4 is 29.1 Å². The van der Waals surface area contributed by atoms with E-state index in [1.54, 1.807) is 25.3 Å². The second-order valence-corrected chi connectivity index (χ2v) is 12.2. The molecule has 0 spiro atoms. The number of ether oxygens (including phenoxy) is 4. The molecule has 4 rings (SSSR count). The molecular formula is C31H40N2O7. The quantitative estimate of drug-likeness (QED) is 0.144. The maximum atomic E-state index is 13.6. The first-order valence-electron chi connectivity index (χ1n) is 13.7. The molecule has 0 unspecified atom stereocenters. The molecule has 2 atom stereocenters. The summed E-state index contributed by atoms with van der Waals surface area (Å²) >= 11 is 0. The molecule has 216 valence electrons. The summed E-state index contributed by atoms with van der Waals surface area (Å²) in [5, 5.41) is 1.02. The molecule has 9 heteroatoms. The van der Waals surface area contributed by atoms with Crippen molar-refractivity contribution in [2.24, 2.45) is 5.92 Å². The number of carbonyl (C=O) groups excluding carboxylic acids is 3. The van der Waals surface area contributed by atoms with E-state index in [9.17, 15) is 14.4 Å². The molecular weight excluding hydrogens is 512 g/mol. The summed E-state index contributed by atoms with van der Waals surface area (Å²) in [6.07, 6.45) is 3.06. The number of aromatic nitrogens is 1. The van der Waals surface area contributed by atoms with Crippen LogP contribution in [0, 0.1) is 5.92 Å². The predicted octanol–water partition coefficient (Wildman–Crippen LogP) is 6.30. The molecule has 1 fully saturated rings. The molecule has 2 aliphatic rings. The van der Waals surface area contributed by atoms with Gasteiger partial charge >= 0.3 is 18.2 Å². The van der Waals surface area contributed by atoms with E-state index in [0.717, 1.165) is 47.0 Å². The molecule has 1 aromatic heterocycles. The summed E-state index contributed by atoms with van der Waals surface area (Å²) in [4.78, 5) is 41.3. The third-order valence-electron chi connectivity index (χ3n) is 7.13. The van der Waals surface area contributed by atoms with Crippen LogP contribution in [0.2, 0.25) is 0 Å². The molecule has 0 amide bonds. The van der Waals surface area contributed by atoms with E-state index in [0.29, 0.717) is 13.0 Å². The molecule has 9 nitrogen and oxygen atoms in total. The monoisotopic (exact) mass is 552 g/mol. The Balaban J connectivity index is 1.79. The topological polar surface area (TPSA) is 96.3 Å². The van der Waals surface area contributed by atoms with Crippen molar-refractivity contribution in [3.63, 3.8) is 0 Å². The number of nitrogens with zero attached hydrogens (tertiary/aromatic N) is 2. The summed E-state index contributed by atoms with van der Waals surface area (Å²) in [6, 6.07) is 7.68. The Morgan fingerprint density at radius 3 is 2.30 bits per heavy atom.